The van der Waals surface area contributed by atoms with E-state index in [1.807, 2.05) is 0 Å². The first-order valence-electron chi connectivity index (χ1n) is 6.59. The molecule has 6 heteroatoms. The second kappa shape index (κ2) is 7.34. The lowest BCUT2D eigenvalue weighted by Crippen LogP contribution is -2.20. The third kappa shape index (κ3) is 4.86. The van der Waals surface area contributed by atoms with E-state index in [9.17, 15) is 13.2 Å². The number of thioether (sulfide) groups is 2. The average molecular weight is 353 g/mol. The fraction of sp³-hybridized carbons (Fsp3) is 0.467. The van der Waals surface area contributed by atoms with Crippen LogP contribution in [0.4, 0.5) is 13.2 Å². The first kappa shape index (κ1) is 17.1. The van der Waals surface area contributed by atoms with Gasteiger partial charge in [0, 0.05) is 21.3 Å². The molecule has 1 saturated heterocycles. The standard InChI is InChI=1S/C15H16ClF3S2/c1-20-13-7-6-12(21-9-13)8-14(15(17,18)19)10-2-4-11(16)5-3-10/h2-5,8,12-13H,6-7,9H2,1H3/b14-8-. The Hall–Kier alpha value is -0.260. The highest BCUT2D eigenvalue weighted by molar-refractivity contribution is 8.03. The zero-order valence-electron chi connectivity index (χ0n) is 11.5. The van der Waals surface area contributed by atoms with E-state index >= 15 is 0 Å². The van der Waals surface area contributed by atoms with Gasteiger partial charge in [-0.15, -0.1) is 0 Å². The number of benzene rings is 1. The van der Waals surface area contributed by atoms with Gasteiger partial charge in [-0.1, -0.05) is 29.8 Å². The zero-order chi connectivity index (χ0) is 15.5. The second-order valence-electron chi connectivity index (χ2n) is 4.89. The number of alkyl halides is 3. The fourth-order valence-corrected chi connectivity index (χ4v) is 4.68. The molecular formula is C15H16ClF3S2. The highest BCUT2D eigenvalue weighted by Gasteiger charge is 2.35. The normalized spacial score (nSPS) is 24.1. The van der Waals surface area contributed by atoms with Crippen LogP contribution in [0.15, 0.2) is 30.3 Å². The number of hydrogen-bond donors (Lipinski definition) is 0. The van der Waals surface area contributed by atoms with Gasteiger partial charge in [-0.05, 0) is 36.8 Å². The maximum atomic E-state index is 13.3. The Morgan fingerprint density at radius 1 is 1.29 bits per heavy atom. The summed E-state index contributed by atoms with van der Waals surface area (Å²) in [6.45, 7) is 0. The van der Waals surface area contributed by atoms with Gasteiger partial charge >= 0.3 is 6.18 Å². The van der Waals surface area contributed by atoms with Gasteiger partial charge in [-0.3, -0.25) is 0 Å². The molecule has 1 heterocycles. The second-order valence-corrected chi connectivity index (χ2v) is 7.74. The molecule has 0 amide bonds. The quantitative estimate of drug-likeness (QED) is 0.663. The molecule has 21 heavy (non-hydrogen) atoms. The molecule has 0 aromatic heterocycles. The van der Waals surface area contributed by atoms with Crippen LogP contribution in [0.1, 0.15) is 18.4 Å². The minimum Gasteiger partial charge on any atom is -0.166 e. The van der Waals surface area contributed by atoms with Crippen LogP contribution in [0.5, 0.6) is 0 Å². The Labute approximate surface area is 136 Å². The Kier molecular flexibility index (Phi) is 5.97. The molecule has 0 saturated carbocycles. The molecule has 0 spiro atoms. The van der Waals surface area contributed by atoms with Gasteiger partial charge in [0.15, 0.2) is 0 Å². The maximum Gasteiger partial charge on any atom is 0.416 e. The highest BCUT2D eigenvalue weighted by atomic mass is 35.5. The maximum absolute atomic E-state index is 13.3. The lowest BCUT2D eigenvalue weighted by Gasteiger charge is -2.26. The summed E-state index contributed by atoms with van der Waals surface area (Å²) in [5, 5.41) is 0.931. The number of rotatable bonds is 3. The van der Waals surface area contributed by atoms with Crippen LogP contribution in [0, 0.1) is 0 Å². The van der Waals surface area contributed by atoms with Gasteiger partial charge < -0.3 is 0 Å². The summed E-state index contributed by atoms with van der Waals surface area (Å²) in [5.74, 6) is 0.911. The van der Waals surface area contributed by atoms with E-state index in [2.05, 4.69) is 6.26 Å². The van der Waals surface area contributed by atoms with E-state index in [1.54, 1.807) is 23.5 Å². The van der Waals surface area contributed by atoms with Crippen LogP contribution < -0.4 is 0 Å². The van der Waals surface area contributed by atoms with E-state index in [4.69, 9.17) is 11.6 Å². The van der Waals surface area contributed by atoms with E-state index in [0.29, 0.717) is 10.3 Å². The molecule has 1 aliphatic heterocycles. The zero-order valence-corrected chi connectivity index (χ0v) is 13.9. The number of hydrogen-bond acceptors (Lipinski definition) is 2. The van der Waals surface area contributed by atoms with Crippen LogP contribution in [0.3, 0.4) is 0 Å². The molecule has 1 aromatic rings. The van der Waals surface area contributed by atoms with Gasteiger partial charge in [-0.25, -0.2) is 0 Å². The van der Waals surface area contributed by atoms with Crippen LogP contribution in [0.2, 0.25) is 5.02 Å². The molecular weight excluding hydrogens is 337 g/mol. The SMILES string of the molecule is CSC1CCC(/C=C(/c2ccc(Cl)cc2)C(F)(F)F)SC1. The first-order valence-corrected chi connectivity index (χ1v) is 9.31. The molecule has 1 fully saturated rings. The summed E-state index contributed by atoms with van der Waals surface area (Å²) in [6, 6.07) is 5.85. The summed E-state index contributed by atoms with van der Waals surface area (Å²) in [5.41, 5.74) is -0.376. The fourth-order valence-electron chi connectivity index (χ4n) is 2.23. The van der Waals surface area contributed by atoms with Crippen molar-refractivity contribution in [2.24, 2.45) is 0 Å². The molecule has 2 unspecified atom stereocenters. The highest BCUT2D eigenvalue weighted by Crippen LogP contribution is 2.39. The van der Waals surface area contributed by atoms with E-state index < -0.39 is 11.7 Å². The van der Waals surface area contributed by atoms with Gasteiger partial charge in [0.25, 0.3) is 0 Å². The Morgan fingerprint density at radius 3 is 2.43 bits per heavy atom. The Bertz CT molecular complexity index is 489. The smallest absolute Gasteiger partial charge is 0.166 e. The van der Waals surface area contributed by atoms with Crippen LogP contribution in [-0.2, 0) is 0 Å². The van der Waals surface area contributed by atoms with Gasteiger partial charge in [0.2, 0.25) is 0 Å². The molecule has 0 aliphatic carbocycles. The lowest BCUT2D eigenvalue weighted by molar-refractivity contribution is -0.0690. The molecule has 2 atom stereocenters. The van der Waals surface area contributed by atoms with Crippen LogP contribution in [0.25, 0.3) is 5.57 Å². The van der Waals surface area contributed by atoms with Crippen molar-refractivity contribution in [2.75, 3.05) is 12.0 Å². The van der Waals surface area contributed by atoms with Crippen LogP contribution >= 0.6 is 35.1 Å². The topological polar surface area (TPSA) is 0 Å². The number of halogens is 4. The van der Waals surface area contributed by atoms with Gasteiger partial charge in [0.1, 0.15) is 0 Å². The Morgan fingerprint density at radius 2 is 1.95 bits per heavy atom. The molecule has 1 aromatic carbocycles. The summed E-state index contributed by atoms with van der Waals surface area (Å²) < 4.78 is 39.9. The van der Waals surface area contributed by atoms with Gasteiger partial charge in [0.05, 0.1) is 5.57 Å². The average Bonchev–Trinajstić information content (AvgIpc) is 2.45. The van der Waals surface area contributed by atoms with Crippen molar-refractivity contribution in [3.63, 3.8) is 0 Å². The van der Waals surface area contributed by atoms with E-state index in [-0.39, 0.29) is 10.8 Å². The predicted octanol–water partition coefficient (Wildman–Crippen LogP) is 5.91. The lowest BCUT2D eigenvalue weighted by atomic mass is 10.0. The summed E-state index contributed by atoms with van der Waals surface area (Å²) in [7, 11) is 0. The van der Waals surface area contributed by atoms with Crippen molar-refractivity contribution in [3.8, 4) is 0 Å². The Balaban J connectivity index is 2.21. The minimum atomic E-state index is -4.34. The predicted molar refractivity (Wildman–Crippen MR) is 88.3 cm³/mol. The molecule has 116 valence electrons. The van der Waals surface area contributed by atoms with Crippen molar-refractivity contribution >= 4 is 40.7 Å². The van der Waals surface area contributed by atoms with Crippen molar-refractivity contribution < 1.29 is 13.2 Å². The summed E-state index contributed by atoms with van der Waals surface area (Å²) in [6.07, 6.45) is 0.857. The molecule has 0 bridgehead atoms. The summed E-state index contributed by atoms with van der Waals surface area (Å²) >= 11 is 9.15. The summed E-state index contributed by atoms with van der Waals surface area (Å²) in [4.78, 5) is 0. The van der Waals surface area contributed by atoms with Crippen molar-refractivity contribution in [1.82, 2.24) is 0 Å². The largest absolute Gasteiger partial charge is 0.416 e. The molecule has 0 radical (unpaired) electrons. The van der Waals surface area contributed by atoms with E-state index in [0.717, 1.165) is 18.6 Å². The van der Waals surface area contributed by atoms with Crippen molar-refractivity contribution in [3.05, 3.63) is 40.9 Å². The molecule has 0 nitrogen and oxygen atoms in total. The van der Waals surface area contributed by atoms with Crippen molar-refractivity contribution in [1.29, 1.82) is 0 Å². The minimum absolute atomic E-state index is 0.0688. The van der Waals surface area contributed by atoms with Crippen molar-refractivity contribution in [2.45, 2.75) is 29.5 Å². The molecule has 2 rings (SSSR count). The van der Waals surface area contributed by atoms with Gasteiger partial charge in [-0.2, -0.15) is 36.7 Å². The monoisotopic (exact) mass is 352 g/mol. The third-order valence-electron chi connectivity index (χ3n) is 3.42. The first-order chi connectivity index (χ1) is 9.90. The molecule has 1 aliphatic rings. The molecule has 0 N–H and O–H groups in total. The third-order valence-corrected chi connectivity index (χ3v) is 6.34. The van der Waals surface area contributed by atoms with E-state index in [1.165, 1.54) is 30.3 Å². The number of allylic oxidation sites excluding steroid dienone is 1. The van der Waals surface area contributed by atoms with Crippen LogP contribution in [-0.4, -0.2) is 28.7 Å².